The van der Waals surface area contributed by atoms with Crippen LogP contribution in [0.1, 0.15) is 12.5 Å². The lowest BCUT2D eigenvalue weighted by molar-refractivity contribution is -0.130. The average Bonchev–Trinajstić information content (AvgIpc) is 3.17. The van der Waals surface area contributed by atoms with Crippen molar-refractivity contribution in [1.29, 1.82) is 0 Å². The first-order chi connectivity index (χ1) is 14.5. The summed E-state index contributed by atoms with van der Waals surface area (Å²) in [7, 11) is 0. The fraction of sp³-hybridized carbons (Fsp3) is 0.444. The van der Waals surface area contributed by atoms with Gasteiger partial charge in [-0.3, -0.25) is 15.0 Å². The van der Waals surface area contributed by atoms with Crippen molar-refractivity contribution in [3.63, 3.8) is 0 Å². The second-order valence-corrected chi connectivity index (χ2v) is 8.97. The van der Waals surface area contributed by atoms with Gasteiger partial charge in [-0.2, -0.15) is 0 Å². The van der Waals surface area contributed by atoms with Crippen LogP contribution in [0, 0.1) is 5.82 Å². The van der Waals surface area contributed by atoms with E-state index in [0.717, 1.165) is 0 Å². The minimum absolute atomic E-state index is 0.00123. The van der Waals surface area contributed by atoms with Crippen LogP contribution in [0.15, 0.2) is 22.5 Å². The topological polar surface area (TPSA) is 87.7 Å². The van der Waals surface area contributed by atoms with Gasteiger partial charge in [-0.1, -0.05) is 40.8 Å². The number of hydrogen-bond donors (Lipinski definition) is 1. The molecule has 0 unspecified atom stereocenters. The summed E-state index contributed by atoms with van der Waals surface area (Å²) in [4.78, 5) is 27.7. The van der Waals surface area contributed by atoms with E-state index >= 15 is 0 Å². The maximum atomic E-state index is 14.0. The van der Waals surface area contributed by atoms with Crippen LogP contribution in [-0.4, -0.2) is 70.5 Å². The summed E-state index contributed by atoms with van der Waals surface area (Å²) in [6, 6.07) is 4.67. The molecule has 12 heteroatoms. The minimum Gasteiger partial charge on any atom is -0.450 e. The van der Waals surface area contributed by atoms with E-state index in [0.29, 0.717) is 52.8 Å². The third kappa shape index (κ3) is 6.27. The molecule has 2 aromatic rings. The summed E-state index contributed by atoms with van der Waals surface area (Å²) >= 11 is 8.55. The maximum absolute atomic E-state index is 14.0. The lowest BCUT2D eigenvalue weighted by Gasteiger charge is -2.34. The number of rotatable bonds is 7. The van der Waals surface area contributed by atoms with E-state index in [9.17, 15) is 14.0 Å². The zero-order valence-electron chi connectivity index (χ0n) is 16.3. The van der Waals surface area contributed by atoms with Crippen molar-refractivity contribution in [2.75, 3.05) is 43.9 Å². The molecule has 3 rings (SSSR count). The molecule has 1 fully saturated rings. The molecule has 30 heavy (non-hydrogen) atoms. The third-order valence-corrected chi connectivity index (χ3v) is 6.69. The number of carbonyl (C=O) groups is 2. The van der Waals surface area contributed by atoms with Crippen molar-refractivity contribution in [2.45, 2.75) is 17.8 Å². The van der Waals surface area contributed by atoms with E-state index in [1.165, 1.54) is 29.2 Å². The summed E-state index contributed by atoms with van der Waals surface area (Å²) in [5.74, 6) is -0.0855. The molecular formula is C18H21ClFN5O3S2. The lowest BCUT2D eigenvalue weighted by Crippen LogP contribution is -2.48. The molecule has 0 radical (unpaired) electrons. The Hall–Kier alpha value is -1.95. The number of carbonyl (C=O) groups excluding carboxylic acids is 2. The van der Waals surface area contributed by atoms with Crippen molar-refractivity contribution in [3.05, 3.63) is 34.6 Å². The molecule has 0 bridgehead atoms. The quantitative estimate of drug-likeness (QED) is 0.487. The number of anilines is 1. The second-order valence-electron chi connectivity index (χ2n) is 6.36. The van der Waals surface area contributed by atoms with Crippen LogP contribution in [0.4, 0.5) is 14.3 Å². The van der Waals surface area contributed by atoms with E-state index in [1.807, 2.05) is 0 Å². The highest BCUT2D eigenvalue weighted by Crippen LogP contribution is 2.26. The van der Waals surface area contributed by atoms with Crippen LogP contribution in [0.2, 0.25) is 5.02 Å². The summed E-state index contributed by atoms with van der Waals surface area (Å²) in [5, 5.41) is 11.0. The smallest absolute Gasteiger partial charge is 0.413 e. The predicted molar refractivity (Wildman–Crippen MR) is 115 cm³/mol. The Morgan fingerprint density at radius 1 is 1.30 bits per heavy atom. The van der Waals surface area contributed by atoms with Gasteiger partial charge in [0.25, 0.3) is 0 Å². The maximum Gasteiger partial charge on any atom is 0.413 e. The summed E-state index contributed by atoms with van der Waals surface area (Å²) in [5.41, 5.74) is 0.484. The molecule has 0 aliphatic carbocycles. The zero-order valence-corrected chi connectivity index (χ0v) is 18.7. The van der Waals surface area contributed by atoms with Crippen LogP contribution in [0.25, 0.3) is 0 Å². The fourth-order valence-electron chi connectivity index (χ4n) is 2.85. The number of halogens is 2. The van der Waals surface area contributed by atoms with E-state index < -0.39 is 6.09 Å². The van der Waals surface area contributed by atoms with E-state index in [4.69, 9.17) is 16.3 Å². The molecule has 1 saturated heterocycles. The van der Waals surface area contributed by atoms with Crippen LogP contribution < -0.4 is 5.32 Å². The largest absolute Gasteiger partial charge is 0.450 e. The number of thioether (sulfide) groups is 1. The molecule has 2 heterocycles. The van der Waals surface area contributed by atoms with Gasteiger partial charge in [-0.15, -0.1) is 10.2 Å². The third-order valence-electron chi connectivity index (χ3n) is 4.38. The SMILES string of the molecule is CCOC(=O)Nc1nnc(SCC(=O)N2CCN(Cc3c(F)cccc3Cl)CC2)s1. The average molecular weight is 474 g/mol. The first kappa shape index (κ1) is 22.7. The molecule has 1 aliphatic rings. The minimum atomic E-state index is -0.587. The van der Waals surface area contributed by atoms with Crippen molar-refractivity contribution in [2.24, 2.45) is 0 Å². The Labute approximate surface area is 186 Å². The lowest BCUT2D eigenvalue weighted by atomic mass is 10.2. The fourth-order valence-corrected chi connectivity index (χ4v) is 4.71. The standard InChI is InChI=1S/C18H21ClFN5O3S2/c1-2-28-17(27)21-16-22-23-18(30-16)29-11-15(26)25-8-6-24(7-9-25)10-12-13(19)4-3-5-14(12)20/h3-5H,2,6-11H2,1H3,(H,21,22,27). The van der Waals surface area contributed by atoms with Crippen molar-refractivity contribution >= 4 is 51.8 Å². The molecule has 0 atom stereocenters. The molecule has 8 nitrogen and oxygen atoms in total. The first-order valence-electron chi connectivity index (χ1n) is 9.29. The number of benzene rings is 1. The van der Waals surface area contributed by atoms with Gasteiger partial charge in [-0.05, 0) is 19.1 Å². The summed E-state index contributed by atoms with van der Waals surface area (Å²) in [6.45, 7) is 4.82. The van der Waals surface area contributed by atoms with Crippen molar-refractivity contribution in [1.82, 2.24) is 20.0 Å². The van der Waals surface area contributed by atoms with Crippen LogP contribution in [0.5, 0.6) is 0 Å². The van der Waals surface area contributed by atoms with E-state index in [2.05, 4.69) is 20.4 Å². The van der Waals surface area contributed by atoms with Crippen LogP contribution in [0.3, 0.4) is 0 Å². The van der Waals surface area contributed by atoms with Gasteiger partial charge >= 0.3 is 6.09 Å². The molecule has 2 amide bonds. The Bertz CT molecular complexity index is 872. The molecule has 1 N–H and O–H groups in total. The van der Waals surface area contributed by atoms with Gasteiger partial charge in [0.05, 0.1) is 12.4 Å². The molecule has 1 aliphatic heterocycles. The van der Waals surface area contributed by atoms with E-state index in [1.54, 1.807) is 24.0 Å². The van der Waals surface area contributed by atoms with Crippen LogP contribution >= 0.6 is 34.7 Å². The van der Waals surface area contributed by atoms with Gasteiger partial charge in [0.2, 0.25) is 11.0 Å². The molecule has 1 aromatic heterocycles. The molecule has 0 spiro atoms. The number of piperazine rings is 1. The van der Waals surface area contributed by atoms with Gasteiger partial charge in [0.15, 0.2) is 4.34 Å². The zero-order chi connectivity index (χ0) is 21.5. The molecule has 1 aromatic carbocycles. The number of nitrogens with zero attached hydrogens (tertiary/aromatic N) is 4. The highest BCUT2D eigenvalue weighted by Gasteiger charge is 2.23. The van der Waals surface area contributed by atoms with Crippen molar-refractivity contribution < 1.29 is 18.7 Å². The van der Waals surface area contributed by atoms with Gasteiger partial charge in [-0.25, -0.2) is 9.18 Å². The van der Waals surface area contributed by atoms with Gasteiger partial charge in [0, 0.05) is 43.3 Å². The first-order valence-corrected chi connectivity index (χ1v) is 11.5. The Morgan fingerprint density at radius 2 is 2.07 bits per heavy atom. The highest BCUT2D eigenvalue weighted by molar-refractivity contribution is 8.01. The van der Waals surface area contributed by atoms with Gasteiger partial charge in [0.1, 0.15) is 5.82 Å². The highest BCUT2D eigenvalue weighted by atomic mass is 35.5. The normalized spacial score (nSPS) is 14.6. The summed E-state index contributed by atoms with van der Waals surface area (Å²) < 4.78 is 19.3. The second kappa shape index (κ2) is 10.9. The Kier molecular flexibility index (Phi) is 8.25. The monoisotopic (exact) mass is 473 g/mol. The Balaban J connectivity index is 1.42. The van der Waals surface area contributed by atoms with Gasteiger partial charge < -0.3 is 9.64 Å². The number of aromatic nitrogens is 2. The molecule has 162 valence electrons. The number of hydrogen-bond acceptors (Lipinski definition) is 8. The Morgan fingerprint density at radius 3 is 2.77 bits per heavy atom. The molecule has 0 saturated carbocycles. The number of amides is 2. The van der Waals surface area contributed by atoms with Crippen LogP contribution in [-0.2, 0) is 16.1 Å². The van der Waals surface area contributed by atoms with E-state index in [-0.39, 0.29) is 24.1 Å². The number of ether oxygens (including phenoxy) is 1. The summed E-state index contributed by atoms with van der Waals surface area (Å²) in [6.07, 6.45) is -0.587. The number of nitrogens with one attached hydrogen (secondary N) is 1. The van der Waals surface area contributed by atoms with Crippen molar-refractivity contribution in [3.8, 4) is 0 Å². The predicted octanol–water partition coefficient (Wildman–Crippen LogP) is 3.34. The molecular weight excluding hydrogens is 453 g/mol.